The third kappa shape index (κ3) is 1.88. The lowest BCUT2D eigenvalue weighted by Crippen LogP contribution is -2.31. The van der Waals surface area contributed by atoms with Crippen molar-refractivity contribution in [3.63, 3.8) is 0 Å². The fourth-order valence-corrected chi connectivity index (χ4v) is 2.27. The minimum absolute atomic E-state index is 1.08. The molecule has 0 saturated heterocycles. The lowest BCUT2D eigenvalue weighted by molar-refractivity contribution is 1.20. The molecule has 0 heteroatoms. The Bertz CT molecular complexity index is 568. The van der Waals surface area contributed by atoms with E-state index < -0.39 is 0 Å². The molecule has 0 atom stereocenters. The Labute approximate surface area is 97.3 Å². The molecule has 1 aliphatic rings. The van der Waals surface area contributed by atoms with Crippen molar-refractivity contribution in [2.24, 2.45) is 0 Å². The maximum Gasteiger partial charge on any atom is -0.00578 e. The predicted molar refractivity (Wildman–Crippen MR) is 71.4 cm³/mol. The Morgan fingerprint density at radius 2 is 1.75 bits per heavy atom. The first-order chi connectivity index (χ1) is 7.74. The molecule has 0 bridgehead atoms. The molecule has 0 spiro atoms. The van der Waals surface area contributed by atoms with Gasteiger partial charge < -0.3 is 0 Å². The van der Waals surface area contributed by atoms with Crippen LogP contribution in [0.2, 0.25) is 0 Å². The molecule has 0 unspecified atom stereocenters. The van der Waals surface area contributed by atoms with Crippen molar-refractivity contribution in [1.82, 2.24) is 0 Å². The third-order valence-corrected chi connectivity index (χ3v) is 3.22. The first-order valence-electron chi connectivity index (χ1n) is 5.82. The monoisotopic (exact) mass is 210 g/mol. The first-order valence-corrected chi connectivity index (χ1v) is 5.82. The zero-order valence-corrected chi connectivity index (χ0v) is 10.2. The summed E-state index contributed by atoms with van der Waals surface area (Å²) >= 11 is 0. The fraction of sp³-hybridized carbons (Fsp3) is 0.250. The highest BCUT2D eigenvalue weighted by Crippen LogP contribution is 2.20. The van der Waals surface area contributed by atoms with Crippen LogP contribution in [0.4, 0.5) is 0 Å². The van der Waals surface area contributed by atoms with Crippen LogP contribution in [0.5, 0.6) is 0 Å². The van der Waals surface area contributed by atoms with Crippen LogP contribution < -0.4 is 10.4 Å². The molecule has 0 heterocycles. The van der Waals surface area contributed by atoms with Crippen LogP contribution >= 0.6 is 0 Å². The van der Waals surface area contributed by atoms with Gasteiger partial charge in [0, 0.05) is 0 Å². The molecule has 0 fully saturated rings. The molecule has 1 aliphatic carbocycles. The molecule has 16 heavy (non-hydrogen) atoms. The highest BCUT2D eigenvalue weighted by atomic mass is 14.1. The molecule has 0 aromatic heterocycles. The standard InChI is InChI=1S/C16H18/c1-4-5-8-14-11-12(2)15-9-6-7-10-16(15)13(14)3/h4-10H,11H2,1-3H3/b5-4-,14-8+. The fourth-order valence-electron chi connectivity index (χ4n) is 2.27. The second-order valence-electron chi connectivity index (χ2n) is 4.35. The van der Waals surface area contributed by atoms with Crippen LogP contribution in [-0.4, -0.2) is 0 Å². The summed E-state index contributed by atoms with van der Waals surface area (Å²) < 4.78 is 0. The molecule has 0 saturated carbocycles. The Hall–Kier alpha value is -1.56. The maximum atomic E-state index is 2.23. The average Bonchev–Trinajstić information content (AvgIpc) is 2.32. The van der Waals surface area contributed by atoms with E-state index in [2.05, 4.69) is 63.3 Å². The highest BCUT2D eigenvalue weighted by Gasteiger charge is 2.08. The van der Waals surface area contributed by atoms with Gasteiger partial charge >= 0.3 is 0 Å². The van der Waals surface area contributed by atoms with Gasteiger partial charge in [0.25, 0.3) is 0 Å². The van der Waals surface area contributed by atoms with Gasteiger partial charge in [-0.25, -0.2) is 0 Å². The van der Waals surface area contributed by atoms with Gasteiger partial charge in [-0.05, 0) is 48.8 Å². The van der Waals surface area contributed by atoms with E-state index in [0.717, 1.165) is 6.42 Å². The molecule has 1 aromatic carbocycles. The van der Waals surface area contributed by atoms with Crippen molar-refractivity contribution in [3.05, 3.63) is 58.5 Å². The Morgan fingerprint density at radius 1 is 1.06 bits per heavy atom. The van der Waals surface area contributed by atoms with Crippen LogP contribution in [0.15, 0.2) is 48.1 Å². The highest BCUT2D eigenvalue weighted by molar-refractivity contribution is 5.71. The summed E-state index contributed by atoms with van der Waals surface area (Å²) in [7, 11) is 0. The minimum atomic E-state index is 1.08. The summed E-state index contributed by atoms with van der Waals surface area (Å²) in [6.07, 6.45) is 7.51. The summed E-state index contributed by atoms with van der Waals surface area (Å²) in [5.41, 5.74) is 4.32. The second kappa shape index (κ2) is 4.52. The smallest absolute Gasteiger partial charge is 0.00578 e. The molecule has 0 aliphatic heterocycles. The summed E-state index contributed by atoms with van der Waals surface area (Å²) in [4.78, 5) is 0. The van der Waals surface area contributed by atoms with Gasteiger partial charge in [-0.2, -0.15) is 0 Å². The van der Waals surface area contributed by atoms with Crippen LogP contribution in [0.3, 0.4) is 0 Å². The van der Waals surface area contributed by atoms with E-state index in [1.807, 2.05) is 0 Å². The number of allylic oxidation sites excluding steroid dienone is 4. The minimum Gasteiger partial charge on any atom is -0.0877 e. The van der Waals surface area contributed by atoms with Crippen LogP contribution in [-0.2, 0) is 0 Å². The number of rotatable bonds is 1. The molecule has 0 nitrogen and oxygen atoms in total. The van der Waals surface area contributed by atoms with Crippen LogP contribution in [0.25, 0.3) is 11.1 Å². The van der Waals surface area contributed by atoms with Gasteiger partial charge in [-0.3, -0.25) is 0 Å². The largest absolute Gasteiger partial charge is 0.0877 e. The normalized spacial score (nSPS) is 18.3. The van der Waals surface area contributed by atoms with Gasteiger partial charge in [-0.15, -0.1) is 0 Å². The number of benzene rings is 1. The molecule has 0 amide bonds. The lowest BCUT2D eigenvalue weighted by Gasteiger charge is -2.15. The SMILES string of the molecule is C/C=C\C=C1/CC(C)=c2ccccc2=C1C. The van der Waals surface area contributed by atoms with Gasteiger partial charge in [-0.1, -0.05) is 48.1 Å². The Morgan fingerprint density at radius 3 is 2.44 bits per heavy atom. The molecular formula is C16H18. The molecule has 82 valence electrons. The zero-order chi connectivity index (χ0) is 11.5. The molecule has 1 aromatic rings. The van der Waals surface area contributed by atoms with Crippen LogP contribution in [0.1, 0.15) is 27.2 Å². The van der Waals surface area contributed by atoms with E-state index in [-0.39, 0.29) is 0 Å². The van der Waals surface area contributed by atoms with Crippen molar-refractivity contribution in [2.45, 2.75) is 27.2 Å². The number of hydrogen-bond donors (Lipinski definition) is 0. The summed E-state index contributed by atoms with van der Waals surface area (Å²) in [6, 6.07) is 8.68. The Balaban J connectivity index is 2.72. The quantitative estimate of drug-likeness (QED) is 0.668. The number of hydrogen-bond acceptors (Lipinski definition) is 0. The summed E-state index contributed by atoms with van der Waals surface area (Å²) in [6.45, 7) is 6.51. The Kier molecular flexibility index (Phi) is 3.09. The topological polar surface area (TPSA) is 0 Å². The summed E-state index contributed by atoms with van der Waals surface area (Å²) in [5.74, 6) is 0. The van der Waals surface area contributed by atoms with E-state index in [0.29, 0.717) is 0 Å². The van der Waals surface area contributed by atoms with E-state index in [1.54, 1.807) is 0 Å². The third-order valence-electron chi connectivity index (χ3n) is 3.22. The van der Waals surface area contributed by atoms with E-state index >= 15 is 0 Å². The summed E-state index contributed by atoms with van der Waals surface area (Å²) in [5, 5.41) is 2.81. The van der Waals surface area contributed by atoms with Crippen molar-refractivity contribution in [1.29, 1.82) is 0 Å². The zero-order valence-electron chi connectivity index (χ0n) is 10.2. The van der Waals surface area contributed by atoms with E-state index in [1.165, 1.54) is 27.2 Å². The van der Waals surface area contributed by atoms with Crippen molar-refractivity contribution in [3.8, 4) is 0 Å². The second-order valence-corrected chi connectivity index (χ2v) is 4.35. The van der Waals surface area contributed by atoms with Gasteiger partial charge in [0.1, 0.15) is 0 Å². The first kappa shape index (κ1) is 10.9. The van der Waals surface area contributed by atoms with E-state index in [4.69, 9.17) is 0 Å². The lowest BCUT2D eigenvalue weighted by atomic mass is 9.90. The molecular weight excluding hydrogens is 192 g/mol. The van der Waals surface area contributed by atoms with E-state index in [9.17, 15) is 0 Å². The molecule has 2 rings (SSSR count). The van der Waals surface area contributed by atoms with Gasteiger partial charge in [0.2, 0.25) is 0 Å². The average molecular weight is 210 g/mol. The number of fused-ring (bicyclic) bond motifs is 1. The maximum absolute atomic E-state index is 2.23. The molecule has 0 N–H and O–H groups in total. The van der Waals surface area contributed by atoms with Crippen LogP contribution in [0, 0.1) is 0 Å². The molecule has 0 radical (unpaired) electrons. The van der Waals surface area contributed by atoms with Gasteiger partial charge in [0.15, 0.2) is 0 Å². The predicted octanol–water partition coefficient (Wildman–Crippen LogP) is 2.93. The van der Waals surface area contributed by atoms with Gasteiger partial charge in [0.05, 0.1) is 0 Å². The van der Waals surface area contributed by atoms with Crippen molar-refractivity contribution >= 4 is 11.1 Å². The van der Waals surface area contributed by atoms with Crippen molar-refractivity contribution < 1.29 is 0 Å². The van der Waals surface area contributed by atoms with Crippen molar-refractivity contribution in [2.75, 3.05) is 0 Å².